The topological polar surface area (TPSA) is 54.0 Å². The molecule has 1 N–H and O–H groups in total. The molecule has 0 spiro atoms. The Morgan fingerprint density at radius 1 is 1.03 bits per heavy atom. The molecule has 1 fully saturated rings. The first-order valence-corrected chi connectivity index (χ1v) is 10.1. The van der Waals surface area contributed by atoms with Gasteiger partial charge in [0.2, 0.25) is 0 Å². The fourth-order valence-corrected chi connectivity index (χ4v) is 3.78. The van der Waals surface area contributed by atoms with E-state index in [0.29, 0.717) is 23.1 Å². The summed E-state index contributed by atoms with van der Waals surface area (Å²) in [6, 6.07) is 12.1. The number of para-hydroxylation sites is 1. The van der Waals surface area contributed by atoms with Crippen LogP contribution in [0.1, 0.15) is 29.8 Å². The van der Waals surface area contributed by atoms with E-state index in [9.17, 15) is 4.79 Å². The van der Waals surface area contributed by atoms with Gasteiger partial charge in [-0.1, -0.05) is 6.07 Å². The Morgan fingerprint density at radius 3 is 2.38 bits per heavy atom. The third-order valence-electron chi connectivity index (χ3n) is 5.38. The quantitative estimate of drug-likeness (QED) is 0.804. The van der Waals surface area contributed by atoms with Crippen LogP contribution in [0, 0.1) is 6.92 Å². The number of piperazine rings is 1. The second-order valence-corrected chi connectivity index (χ2v) is 7.67. The molecule has 6 nitrogen and oxygen atoms in total. The summed E-state index contributed by atoms with van der Waals surface area (Å²) in [6.45, 7) is 10.6. The zero-order valence-electron chi connectivity index (χ0n) is 18.0. The molecule has 1 aliphatic rings. The summed E-state index contributed by atoms with van der Waals surface area (Å²) in [4.78, 5) is 17.8. The number of rotatable bonds is 6. The predicted molar refractivity (Wildman–Crippen MR) is 118 cm³/mol. The number of benzene rings is 2. The molecule has 1 saturated heterocycles. The van der Waals surface area contributed by atoms with Gasteiger partial charge in [0.15, 0.2) is 11.5 Å². The minimum Gasteiger partial charge on any atom is -0.493 e. The molecule has 2 aromatic rings. The molecule has 1 heterocycles. The first-order valence-electron chi connectivity index (χ1n) is 10.1. The Balaban J connectivity index is 1.78. The van der Waals surface area contributed by atoms with E-state index in [4.69, 9.17) is 9.47 Å². The van der Waals surface area contributed by atoms with E-state index < -0.39 is 0 Å². The maximum atomic E-state index is 12.9. The van der Waals surface area contributed by atoms with Crippen LogP contribution in [-0.2, 0) is 0 Å². The monoisotopic (exact) mass is 397 g/mol. The molecule has 6 heteroatoms. The van der Waals surface area contributed by atoms with Crippen molar-refractivity contribution in [3.8, 4) is 11.5 Å². The number of amides is 1. The molecule has 156 valence electrons. The highest BCUT2D eigenvalue weighted by atomic mass is 16.5. The fraction of sp³-hybridized carbons (Fsp3) is 0.435. The Labute approximate surface area is 173 Å². The van der Waals surface area contributed by atoms with Crippen molar-refractivity contribution < 1.29 is 14.3 Å². The summed E-state index contributed by atoms with van der Waals surface area (Å²) in [6.07, 6.45) is 0. The van der Waals surface area contributed by atoms with Crippen LogP contribution in [0.15, 0.2) is 36.4 Å². The number of methoxy groups -OCH3 is 2. The van der Waals surface area contributed by atoms with Gasteiger partial charge in [-0.2, -0.15) is 0 Å². The lowest BCUT2D eigenvalue weighted by Gasteiger charge is -2.38. The zero-order valence-corrected chi connectivity index (χ0v) is 18.0. The highest BCUT2D eigenvalue weighted by Gasteiger charge is 2.20. The molecule has 0 bridgehead atoms. The van der Waals surface area contributed by atoms with E-state index in [1.54, 1.807) is 25.3 Å². The van der Waals surface area contributed by atoms with E-state index >= 15 is 0 Å². The largest absolute Gasteiger partial charge is 0.493 e. The van der Waals surface area contributed by atoms with Crippen molar-refractivity contribution in [3.63, 3.8) is 0 Å². The second kappa shape index (κ2) is 9.18. The molecule has 0 unspecified atom stereocenters. The standard InChI is InChI=1S/C23H31N3O3/c1-16(2)25-9-11-26(12-10-25)19-14-17(3)13-18(15-19)24-23(27)20-7-6-8-21(28-4)22(20)29-5/h6-8,13-16H,9-12H2,1-5H3,(H,24,27). The molecule has 3 rings (SSSR count). The number of nitrogens with zero attached hydrogens (tertiary/aromatic N) is 2. The van der Waals surface area contributed by atoms with Gasteiger partial charge in [0.25, 0.3) is 5.91 Å². The normalized spacial score (nSPS) is 14.8. The third-order valence-corrected chi connectivity index (χ3v) is 5.38. The van der Waals surface area contributed by atoms with Crippen molar-refractivity contribution in [1.82, 2.24) is 4.90 Å². The van der Waals surface area contributed by atoms with Gasteiger partial charge in [-0.25, -0.2) is 0 Å². The Bertz CT molecular complexity index is 858. The van der Waals surface area contributed by atoms with Crippen LogP contribution < -0.4 is 19.7 Å². The maximum absolute atomic E-state index is 12.9. The number of carbonyl (C=O) groups is 1. The van der Waals surface area contributed by atoms with Crippen molar-refractivity contribution in [2.45, 2.75) is 26.8 Å². The van der Waals surface area contributed by atoms with Gasteiger partial charge >= 0.3 is 0 Å². The molecule has 0 aliphatic carbocycles. The van der Waals surface area contributed by atoms with Crippen LogP contribution in [0.2, 0.25) is 0 Å². The molecule has 1 aliphatic heterocycles. The average molecular weight is 398 g/mol. The van der Waals surface area contributed by atoms with E-state index in [2.05, 4.69) is 42.0 Å². The maximum Gasteiger partial charge on any atom is 0.259 e. The molecule has 29 heavy (non-hydrogen) atoms. The first kappa shape index (κ1) is 21.0. The number of hydrogen-bond donors (Lipinski definition) is 1. The van der Waals surface area contributed by atoms with Gasteiger partial charge in [-0.15, -0.1) is 0 Å². The summed E-state index contributed by atoms with van der Waals surface area (Å²) in [7, 11) is 3.10. The predicted octanol–water partition coefficient (Wildman–Crippen LogP) is 3.79. The van der Waals surface area contributed by atoms with Crippen LogP contribution in [0.3, 0.4) is 0 Å². The Morgan fingerprint density at radius 2 is 1.76 bits per heavy atom. The molecule has 0 radical (unpaired) electrons. The molecule has 2 aromatic carbocycles. The van der Waals surface area contributed by atoms with Gasteiger partial charge in [0, 0.05) is 43.6 Å². The van der Waals surface area contributed by atoms with Gasteiger partial charge in [-0.05, 0) is 56.7 Å². The summed E-state index contributed by atoms with van der Waals surface area (Å²) in [5.74, 6) is 0.750. The highest BCUT2D eigenvalue weighted by molar-refractivity contribution is 6.07. The first-order chi connectivity index (χ1) is 13.9. The van der Waals surface area contributed by atoms with Gasteiger partial charge in [0.1, 0.15) is 0 Å². The molecule has 0 atom stereocenters. The number of ether oxygens (including phenoxy) is 2. The van der Waals surface area contributed by atoms with Crippen molar-refractivity contribution >= 4 is 17.3 Å². The van der Waals surface area contributed by atoms with Crippen LogP contribution in [0.5, 0.6) is 11.5 Å². The number of aryl methyl sites for hydroxylation is 1. The van der Waals surface area contributed by atoms with E-state index in [-0.39, 0.29) is 5.91 Å². The summed E-state index contributed by atoms with van der Waals surface area (Å²) in [5.41, 5.74) is 3.48. The molecular formula is C23H31N3O3. The van der Waals surface area contributed by atoms with E-state index in [1.807, 2.05) is 12.1 Å². The fourth-order valence-electron chi connectivity index (χ4n) is 3.78. The minimum atomic E-state index is -0.220. The average Bonchev–Trinajstić information content (AvgIpc) is 2.72. The molecular weight excluding hydrogens is 366 g/mol. The third kappa shape index (κ3) is 4.82. The zero-order chi connectivity index (χ0) is 21.0. The van der Waals surface area contributed by atoms with Crippen molar-refractivity contribution in [1.29, 1.82) is 0 Å². The number of nitrogens with one attached hydrogen (secondary N) is 1. The van der Waals surface area contributed by atoms with Crippen LogP contribution in [0.25, 0.3) is 0 Å². The molecule has 1 amide bonds. The minimum absolute atomic E-state index is 0.220. The number of anilines is 2. The number of carbonyl (C=O) groups excluding carboxylic acids is 1. The van der Waals surface area contributed by atoms with Crippen molar-refractivity contribution in [2.24, 2.45) is 0 Å². The van der Waals surface area contributed by atoms with E-state index in [0.717, 1.165) is 43.1 Å². The lowest BCUT2D eigenvalue weighted by molar-refractivity contribution is 0.102. The second-order valence-electron chi connectivity index (χ2n) is 7.67. The summed E-state index contributed by atoms with van der Waals surface area (Å²) >= 11 is 0. The van der Waals surface area contributed by atoms with Gasteiger partial charge < -0.3 is 19.7 Å². The summed E-state index contributed by atoms with van der Waals surface area (Å²) < 4.78 is 10.7. The van der Waals surface area contributed by atoms with Gasteiger partial charge in [-0.3, -0.25) is 9.69 Å². The van der Waals surface area contributed by atoms with Crippen LogP contribution in [0.4, 0.5) is 11.4 Å². The van der Waals surface area contributed by atoms with E-state index in [1.165, 1.54) is 7.11 Å². The van der Waals surface area contributed by atoms with Gasteiger partial charge in [0.05, 0.1) is 19.8 Å². The van der Waals surface area contributed by atoms with Crippen molar-refractivity contribution in [3.05, 3.63) is 47.5 Å². The van der Waals surface area contributed by atoms with Crippen molar-refractivity contribution in [2.75, 3.05) is 50.6 Å². The Kier molecular flexibility index (Phi) is 6.64. The SMILES string of the molecule is COc1cccc(C(=O)Nc2cc(C)cc(N3CCN(C(C)C)CC3)c2)c1OC. The molecule has 0 aromatic heterocycles. The summed E-state index contributed by atoms with van der Waals surface area (Å²) in [5, 5.41) is 3.02. The lowest BCUT2D eigenvalue weighted by Crippen LogP contribution is -2.48. The smallest absolute Gasteiger partial charge is 0.259 e. The molecule has 0 saturated carbocycles. The number of hydrogen-bond acceptors (Lipinski definition) is 5. The Hall–Kier alpha value is -2.73. The lowest BCUT2D eigenvalue weighted by atomic mass is 10.1. The highest BCUT2D eigenvalue weighted by Crippen LogP contribution is 2.31. The van der Waals surface area contributed by atoms with Crippen LogP contribution >= 0.6 is 0 Å². The van der Waals surface area contributed by atoms with Crippen LogP contribution in [-0.4, -0.2) is 57.2 Å².